The molecule has 2 aliphatic heterocycles. The molecule has 1 fully saturated rings. The van der Waals surface area contributed by atoms with Gasteiger partial charge in [0.15, 0.2) is 5.17 Å². The number of allylic oxidation sites excluding steroid dienone is 1. The summed E-state index contributed by atoms with van der Waals surface area (Å²) in [4.78, 5) is 35.0. The normalized spacial score (nSPS) is 17.3. The van der Waals surface area contributed by atoms with E-state index in [4.69, 9.17) is 4.99 Å². The van der Waals surface area contributed by atoms with Crippen LogP contribution in [0, 0.1) is 0 Å². The van der Waals surface area contributed by atoms with Gasteiger partial charge in [0.25, 0.3) is 5.91 Å². The SMILES string of the molecule is CCc1ccc(NC(=O)Nc2ccc(C3C(C(=O)N(CC)CC)=C(C)N=C4SCCCN43)cc2)cc1. The third-order valence-corrected chi connectivity index (χ3v) is 7.72. The van der Waals surface area contributed by atoms with Gasteiger partial charge in [0.2, 0.25) is 0 Å². The van der Waals surface area contributed by atoms with Crippen molar-refractivity contribution in [1.29, 1.82) is 0 Å². The maximum absolute atomic E-state index is 13.6. The Hall–Kier alpha value is -3.26. The number of carbonyl (C=O) groups excluding carboxylic acids is 2. The van der Waals surface area contributed by atoms with Crippen molar-refractivity contribution < 1.29 is 9.59 Å². The maximum Gasteiger partial charge on any atom is 0.323 e. The van der Waals surface area contributed by atoms with Gasteiger partial charge in [0.1, 0.15) is 0 Å². The van der Waals surface area contributed by atoms with Gasteiger partial charge in [-0.15, -0.1) is 0 Å². The average molecular weight is 506 g/mol. The zero-order valence-electron chi connectivity index (χ0n) is 21.5. The number of thioether (sulfide) groups is 1. The minimum Gasteiger partial charge on any atom is -0.340 e. The van der Waals surface area contributed by atoms with Crippen molar-refractivity contribution in [3.05, 3.63) is 70.9 Å². The number of anilines is 2. The van der Waals surface area contributed by atoms with Crippen molar-refractivity contribution >= 4 is 40.2 Å². The Morgan fingerprint density at radius 1 is 1.00 bits per heavy atom. The number of likely N-dealkylation sites (N-methyl/N-ethyl adjacent to an activating group) is 1. The van der Waals surface area contributed by atoms with Crippen molar-refractivity contribution in [3.8, 4) is 0 Å². The number of amides is 3. The van der Waals surface area contributed by atoms with E-state index in [-0.39, 0.29) is 18.0 Å². The first-order chi connectivity index (χ1) is 17.4. The average Bonchev–Trinajstić information content (AvgIpc) is 2.89. The molecule has 0 spiro atoms. The van der Waals surface area contributed by atoms with Crippen LogP contribution in [-0.2, 0) is 11.2 Å². The van der Waals surface area contributed by atoms with E-state index in [0.717, 1.165) is 52.8 Å². The first kappa shape index (κ1) is 25.8. The van der Waals surface area contributed by atoms with Crippen LogP contribution in [0.2, 0.25) is 0 Å². The highest BCUT2D eigenvalue weighted by molar-refractivity contribution is 8.13. The zero-order chi connectivity index (χ0) is 25.7. The van der Waals surface area contributed by atoms with E-state index in [0.29, 0.717) is 18.8 Å². The number of nitrogens with zero attached hydrogens (tertiary/aromatic N) is 3. The fourth-order valence-electron chi connectivity index (χ4n) is 4.64. The molecule has 2 aromatic carbocycles. The standard InChI is InChI=1S/C28H35N5O2S/c1-5-20-9-13-22(14-10-20)30-27(35)31-23-15-11-21(12-16-23)25-24(26(34)32(6-2)7-3)19(4)29-28-33(25)17-8-18-36-28/h9-16,25H,5-8,17-18H2,1-4H3,(H2,30,31,35). The van der Waals surface area contributed by atoms with Gasteiger partial charge < -0.3 is 20.4 Å². The number of benzene rings is 2. The summed E-state index contributed by atoms with van der Waals surface area (Å²) >= 11 is 1.75. The van der Waals surface area contributed by atoms with Crippen LogP contribution in [0.25, 0.3) is 0 Å². The van der Waals surface area contributed by atoms with Crippen LogP contribution in [0.1, 0.15) is 51.3 Å². The predicted molar refractivity (Wildman–Crippen MR) is 149 cm³/mol. The van der Waals surface area contributed by atoms with Crippen LogP contribution in [-0.4, -0.2) is 52.3 Å². The Kier molecular flexibility index (Phi) is 8.36. The van der Waals surface area contributed by atoms with Crippen LogP contribution in [0.5, 0.6) is 0 Å². The van der Waals surface area contributed by atoms with E-state index < -0.39 is 0 Å². The van der Waals surface area contributed by atoms with Crippen LogP contribution in [0.3, 0.4) is 0 Å². The van der Waals surface area contributed by atoms with Crippen molar-refractivity contribution in [2.45, 2.75) is 46.6 Å². The molecule has 2 N–H and O–H groups in total. The summed E-state index contributed by atoms with van der Waals surface area (Å²) in [5, 5.41) is 6.76. The Bertz CT molecular complexity index is 1150. The number of aliphatic imine (C=N–C) groups is 1. The number of nitrogens with one attached hydrogen (secondary N) is 2. The van der Waals surface area contributed by atoms with Gasteiger partial charge in [-0.1, -0.05) is 43.0 Å². The van der Waals surface area contributed by atoms with Crippen LogP contribution < -0.4 is 10.6 Å². The Morgan fingerprint density at radius 3 is 2.19 bits per heavy atom. The number of rotatable bonds is 7. The van der Waals surface area contributed by atoms with Gasteiger partial charge in [-0.25, -0.2) is 9.79 Å². The minimum atomic E-state index is -0.292. The summed E-state index contributed by atoms with van der Waals surface area (Å²) in [7, 11) is 0. The molecule has 0 radical (unpaired) electrons. The first-order valence-corrected chi connectivity index (χ1v) is 13.7. The van der Waals surface area contributed by atoms with Gasteiger partial charge in [0, 0.05) is 36.8 Å². The monoisotopic (exact) mass is 505 g/mol. The molecule has 3 amide bonds. The molecular weight excluding hydrogens is 470 g/mol. The molecule has 190 valence electrons. The Labute approximate surface area is 218 Å². The van der Waals surface area contributed by atoms with Gasteiger partial charge in [-0.05, 0) is 69.0 Å². The highest BCUT2D eigenvalue weighted by Gasteiger charge is 2.38. The van der Waals surface area contributed by atoms with Crippen molar-refractivity contribution in [2.75, 3.05) is 36.0 Å². The molecule has 1 saturated heterocycles. The number of hydrogen-bond acceptors (Lipinski definition) is 5. The second-order valence-corrected chi connectivity index (χ2v) is 9.98. The molecular formula is C28H35N5O2S. The van der Waals surface area contributed by atoms with E-state index in [1.807, 2.05) is 74.2 Å². The number of aryl methyl sites for hydroxylation is 1. The summed E-state index contributed by atoms with van der Waals surface area (Å²) in [6.07, 6.45) is 2.01. The highest BCUT2D eigenvalue weighted by Crippen LogP contribution is 2.40. The third kappa shape index (κ3) is 5.59. The maximum atomic E-state index is 13.6. The third-order valence-electron chi connectivity index (χ3n) is 6.64. The Balaban J connectivity index is 1.55. The van der Waals surface area contributed by atoms with E-state index in [1.165, 1.54) is 5.56 Å². The molecule has 0 saturated carbocycles. The molecule has 1 unspecified atom stereocenters. The lowest BCUT2D eigenvalue weighted by molar-refractivity contribution is -0.127. The van der Waals surface area contributed by atoms with Gasteiger partial charge in [0.05, 0.1) is 17.3 Å². The second-order valence-electron chi connectivity index (χ2n) is 8.92. The second kappa shape index (κ2) is 11.6. The number of hydrogen-bond donors (Lipinski definition) is 2. The number of amidine groups is 1. The fraction of sp³-hybridized carbons (Fsp3) is 0.393. The lowest BCUT2D eigenvalue weighted by atomic mass is 9.93. The van der Waals surface area contributed by atoms with E-state index in [1.54, 1.807) is 11.8 Å². The smallest absolute Gasteiger partial charge is 0.323 e. The molecule has 4 rings (SSSR count). The molecule has 0 bridgehead atoms. The van der Waals surface area contributed by atoms with Gasteiger partial charge in [-0.2, -0.15) is 0 Å². The largest absolute Gasteiger partial charge is 0.340 e. The summed E-state index contributed by atoms with van der Waals surface area (Å²) in [6, 6.07) is 15.1. The van der Waals surface area contributed by atoms with Crippen molar-refractivity contribution in [3.63, 3.8) is 0 Å². The lowest BCUT2D eigenvalue weighted by Gasteiger charge is -2.41. The topological polar surface area (TPSA) is 77.0 Å². The quantitative estimate of drug-likeness (QED) is 0.492. The van der Waals surface area contributed by atoms with Crippen LogP contribution in [0.15, 0.2) is 64.8 Å². The molecule has 36 heavy (non-hydrogen) atoms. The van der Waals surface area contributed by atoms with E-state index >= 15 is 0 Å². The van der Waals surface area contributed by atoms with Crippen LogP contribution >= 0.6 is 11.8 Å². The lowest BCUT2D eigenvalue weighted by Crippen LogP contribution is -2.45. The van der Waals surface area contributed by atoms with Crippen LogP contribution in [0.4, 0.5) is 16.2 Å². The van der Waals surface area contributed by atoms with Gasteiger partial charge >= 0.3 is 6.03 Å². The summed E-state index contributed by atoms with van der Waals surface area (Å²) in [6.45, 7) is 10.2. The molecule has 1 atom stereocenters. The molecule has 8 heteroatoms. The number of fused-ring (bicyclic) bond motifs is 1. The Morgan fingerprint density at radius 2 is 1.61 bits per heavy atom. The summed E-state index contributed by atoms with van der Waals surface area (Å²) < 4.78 is 0. The van der Waals surface area contributed by atoms with Crippen molar-refractivity contribution in [2.24, 2.45) is 4.99 Å². The molecule has 2 aliphatic rings. The number of urea groups is 1. The molecule has 2 heterocycles. The van der Waals surface area contributed by atoms with Crippen molar-refractivity contribution in [1.82, 2.24) is 9.80 Å². The molecule has 7 nitrogen and oxygen atoms in total. The van der Waals surface area contributed by atoms with E-state index in [2.05, 4.69) is 22.5 Å². The molecule has 0 aliphatic carbocycles. The molecule has 0 aromatic heterocycles. The summed E-state index contributed by atoms with van der Waals surface area (Å²) in [5.41, 5.74) is 5.20. The minimum absolute atomic E-state index is 0.0385. The summed E-state index contributed by atoms with van der Waals surface area (Å²) in [5.74, 6) is 1.07. The zero-order valence-corrected chi connectivity index (χ0v) is 22.3. The predicted octanol–water partition coefficient (Wildman–Crippen LogP) is 5.89. The fourth-order valence-corrected chi connectivity index (χ4v) is 5.66. The highest BCUT2D eigenvalue weighted by atomic mass is 32.2. The first-order valence-electron chi connectivity index (χ1n) is 12.7. The van der Waals surface area contributed by atoms with E-state index in [9.17, 15) is 9.59 Å². The number of carbonyl (C=O) groups is 2. The van der Waals surface area contributed by atoms with Gasteiger partial charge in [-0.3, -0.25) is 4.79 Å². The molecule has 2 aromatic rings.